The molecule has 3 rings (SSSR count). The SMILES string of the molecule is C=C(C)C(=O)OCCCc1cc(-c2ccc(C3CCCCC3)cc2CC)cc(CCCOC(=O)C(=C)C)c1OCCC(CO)CO. The molecule has 0 bridgehead atoms. The molecular formula is C39H54O7. The van der Waals surface area contributed by atoms with Gasteiger partial charge in [-0.2, -0.15) is 0 Å². The molecule has 0 aromatic heterocycles. The first kappa shape index (κ1) is 37.0. The summed E-state index contributed by atoms with van der Waals surface area (Å²) in [6.45, 7) is 13.4. The Bertz CT molecular complexity index is 1260. The number of ether oxygens (including phenoxy) is 3. The van der Waals surface area contributed by atoms with Crippen molar-refractivity contribution in [3.05, 3.63) is 76.9 Å². The minimum Gasteiger partial charge on any atom is -0.493 e. The third-order valence-corrected chi connectivity index (χ3v) is 8.77. The molecule has 2 aromatic rings. The lowest BCUT2D eigenvalue weighted by Gasteiger charge is -2.24. The zero-order valence-electron chi connectivity index (χ0n) is 28.2. The minimum atomic E-state index is -0.403. The smallest absolute Gasteiger partial charge is 0.333 e. The molecule has 1 aliphatic carbocycles. The van der Waals surface area contributed by atoms with Gasteiger partial charge in [-0.05, 0) is 117 Å². The van der Waals surface area contributed by atoms with Crippen molar-refractivity contribution in [2.75, 3.05) is 33.0 Å². The van der Waals surface area contributed by atoms with Crippen LogP contribution in [0.3, 0.4) is 0 Å². The van der Waals surface area contributed by atoms with Crippen LogP contribution >= 0.6 is 0 Å². The van der Waals surface area contributed by atoms with Gasteiger partial charge in [-0.3, -0.25) is 0 Å². The molecule has 0 atom stereocenters. The molecule has 2 aromatic carbocycles. The van der Waals surface area contributed by atoms with E-state index in [-0.39, 0.29) is 32.3 Å². The molecule has 0 radical (unpaired) electrons. The maximum Gasteiger partial charge on any atom is 0.333 e. The van der Waals surface area contributed by atoms with E-state index in [9.17, 15) is 19.8 Å². The van der Waals surface area contributed by atoms with Crippen LogP contribution in [0.2, 0.25) is 0 Å². The molecule has 0 heterocycles. The van der Waals surface area contributed by atoms with E-state index in [1.165, 1.54) is 48.8 Å². The number of aryl methyl sites for hydroxylation is 3. The van der Waals surface area contributed by atoms with Crippen LogP contribution < -0.4 is 4.74 Å². The van der Waals surface area contributed by atoms with Crippen LogP contribution in [0.15, 0.2) is 54.6 Å². The Balaban J connectivity index is 1.99. The van der Waals surface area contributed by atoms with Gasteiger partial charge in [0.25, 0.3) is 0 Å². The lowest BCUT2D eigenvalue weighted by molar-refractivity contribution is -0.139. The van der Waals surface area contributed by atoms with Crippen molar-refractivity contribution in [3.63, 3.8) is 0 Å². The molecule has 7 heteroatoms. The number of benzene rings is 2. The van der Waals surface area contributed by atoms with Gasteiger partial charge in [0.05, 0.1) is 19.8 Å². The van der Waals surface area contributed by atoms with E-state index < -0.39 is 11.9 Å². The number of rotatable bonds is 19. The topological polar surface area (TPSA) is 102 Å². The normalized spacial score (nSPS) is 13.4. The predicted molar refractivity (Wildman–Crippen MR) is 183 cm³/mol. The molecule has 1 saturated carbocycles. The van der Waals surface area contributed by atoms with Crippen molar-refractivity contribution >= 4 is 11.9 Å². The lowest BCUT2D eigenvalue weighted by Crippen LogP contribution is -2.16. The van der Waals surface area contributed by atoms with Crippen LogP contribution in [0.5, 0.6) is 5.75 Å². The highest BCUT2D eigenvalue weighted by Gasteiger charge is 2.20. The van der Waals surface area contributed by atoms with E-state index >= 15 is 0 Å². The van der Waals surface area contributed by atoms with Gasteiger partial charge in [0, 0.05) is 30.3 Å². The Kier molecular flexibility index (Phi) is 15.5. The number of esters is 2. The van der Waals surface area contributed by atoms with Gasteiger partial charge < -0.3 is 24.4 Å². The van der Waals surface area contributed by atoms with E-state index in [0.717, 1.165) is 28.9 Å². The second-order valence-corrected chi connectivity index (χ2v) is 12.6. The summed E-state index contributed by atoms with van der Waals surface area (Å²) in [7, 11) is 0. The van der Waals surface area contributed by atoms with Crippen molar-refractivity contribution in [2.45, 2.75) is 97.3 Å². The number of carbonyl (C=O) groups is 2. The Labute approximate surface area is 275 Å². The Morgan fingerprint density at radius 1 is 0.826 bits per heavy atom. The Morgan fingerprint density at radius 3 is 1.89 bits per heavy atom. The number of carbonyl (C=O) groups excluding carboxylic acids is 2. The van der Waals surface area contributed by atoms with Crippen LogP contribution in [-0.2, 0) is 38.3 Å². The van der Waals surface area contributed by atoms with Gasteiger partial charge in [-0.15, -0.1) is 0 Å². The van der Waals surface area contributed by atoms with Crippen molar-refractivity contribution in [1.29, 1.82) is 0 Å². The molecule has 1 fully saturated rings. The summed E-state index contributed by atoms with van der Waals surface area (Å²) in [4.78, 5) is 24.0. The van der Waals surface area contributed by atoms with Gasteiger partial charge in [0.15, 0.2) is 0 Å². The molecule has 0 unspecified atom stereocenters. The summed E-state index contributed by atoms with van der Waals surface area (Å²) in [5.41, 5.74) is 7.78. The first-order valence-electron chi connectivity index (χ1n) is 17.0. The summed E-state index contributed by atoms with van der Waals surface area (Å²) < 4.78 is 17.2. The maximum atomic E-state index is 12.0. The maximum absolute atomic E-state index is 12.0. The number of hydrogen-bond acceptors (Lipinski definition) is 7. The average molecular weight is 635 g/mol. The summed E-state index contributed by atoms with van der Waals surface area (Å²) in [6.07, 6.45) is 10.3. The predicted octanol–water partition coefficient (Wildman–Crippen LogP) is 7.44. The molecule has 0 aliphatic heterocycles. The molecular weight excluding hydrogens is 580 g/mol. The first-order chi connectivity index (χ1) is 22.2. The summed E-state index contributed by atoms with van der Waals surface area (Å²) in [5, 5.41) is 19.2. The van der Waals surface area contributed by atoms with Gasteiger partial charge in [-0.1, -0.05) is 57.5 Å². The second-order valence-electron chi connectivity index (χ2n) is 12.6. The van der Waals surface area contributed by atoms with Crippen molar-refractivity contribution in [3.8, 4) is 16.9 Å². The van der Waals surface area contributed by atoms with Crippen LogP contribution in [0, 0.1) is 5.92 Å². The fraction of sp³-hybridized carbons (Fsp3) is 0.538. The largest absolute Gasteiger partial charge is 0.493 e. The van der Waals surface area contributed by atoms with E-state index in [2.05, 4.69) is 50.4 Å². The Hall–Kier alpha value is -3.42. The molecule has 7 nitrogen and oxygen atoms in total. The van der Waals surface area contributed by atoms with Crippen molar-refractivity contribution in [1.82, 2.24) is 0 Å². The van der Waals surface area contributed by atoms with Crippen molar-refractivity contribution in [2.24, 2.45) is 5.92 Å². The van der Waals surface area contributed by atoms with E-state index in [0.29, 0.717) is 55.8 Å². The molecule has 46 heavy (non-hydrogen) atoms. The first-order valence-corrected chi connectivity index (χ1v) is 17.0. The molecule has 2 N–H and O–H groups in total. The zero-order valence-corrected chi connectivity index (χ0v) is 28.2. The van der Waals surface area contributed by atoms with E-state index in [1.807, 2.05) is 0 Å². The highest BCUT2D eigenvalue weighted by Crippen LogP contribution is 2.38. The van der Waals surface area contributed by atoms with Crippen LogP contribution in [0.1, 0.15) is 100 Å². The highest BCUT2D eigenvalue weighted by molar-refractivity contribution is 5.87. The third kappa shape index (κ3) is 11.1. The monoisotopic (exact) mass is 634 g/mol. The number of aliphatic hydroxyl groups excluding tert-OH is 2. The minimum absolute atomic E-state index is 0.114. The van der Waals surface area contributed by atoms with Crippen LogP contribution in [-0.4, -0.2) is 55.2 Å². The van der Waals surface area contributed by atoms with Crippen LogP contribution in [0.25, 0.3) is 11.1 Å². The number of aliphatic hydroxyl groups is 2. The average Bonchev–Trinajstić information content (AvgIpc) is 3.07. The van der Waals surface area contributed by atoms with Gasteiger partial charge in [0.2, 0.25) is 0 Å². The van der Waals surface area contributed by atoms with E-state index in [4.69, 9.17) is 14.2 Å². The highest BCUT2D eigenvalue weighted by atomic mass is 16.5. The fourth-order valence-electron chi connectivity index (χ4n) is 6.01. The van der Waals surface area contributed by atoms with Gasteiger partial charge >= 0.3 is 11.9 Å². The standard InChI is InChI=1S/C39H54O7/c1-6-30-22-32(31-12-8-7-9-13-31)16-17-36(30)35-23-33(14-10-19-45-38(42)27(2)3)37(44-21-18-29(25-40)26-41)34(24-35)15-11-20-46-39(43)28(4)5/h16-17,22-24,29,31,40-41H,2,4,6-15,18-21,25-26H2,1,3,5H3. The zero-order chi connectivity index (χ0) is 33.5. The number of hydrogen-bond donors (Lipinski definition) is 2. The molecule has 0 spiro atoms. The molecule has 252 valence electrons. The van der Waals surface area contributed by atoms with E-state index in [1.54, 1.807) is 13.8 Å². The summed E-state index contributed by atoms with van der Waals surface area (Å²) >= 11 is 0. The van der Waals surface area contributed by atoms with Crippen LogP contribution in [0.4, 0.5) is 0 Å². The summed E-state index contributed by atoms with van der Waals surface area (Å²) in [6, 6.07) is 11.3. The fourth-order valence-corrected chi connectivity index (χ4v) is 6.01. The quantitative estimate of drug-likeness (QED) is 0.0941. The lowest BCUT2D eigenvalue weighted by atomic mass is 9.82. The molecule has 1 aliphatic rings. The second kappa shape index (κ2) is 19.3. The molecule has 0 saturated heterocycles. The third-order valence-electron chi connectivity index (χ3n) is 8.77. The van der Waals surface area contributed by atoms with Gasteiger partial charge in [0.1, 0.15) is 5.75 Å². The van der Waals surface area contributed by atoms with Crippen molar-refractivity contribution < 1.29 is 34.0 Å². The Morgan fingerprint density at radius 2 is 1.39 bits per heavy atom. The summed E-state index contributed by atoms with van der Waals surface area (Å²) in [5.74, 6) is 0.317. The van der Waals surface area contributed by atoms with Gasteiger partial charge in [-0.25, -0.2) is 9.59 Å². The molecule has 0 amide bonds.